The number of carbonyl (C=O) groups is 1. The number of rotatable bonds is 2. The third kappa shape index (κ3) is 2.30. The maximum Gasteiger partial charge on any atom is 0.259 e. The van der Waals surface area contributed by atoms with Gasteiger partial charge in [0.15, 0.2) is 0 Å². The lowest BCUT2D eigenvalue weighted by Gasteiger charge is -2.19. The van der Waals surface area contributed by atoms with Gasteiger partial charge in [0.05, 0.1) is 30.2 Å². The smallest absolute Gasteiger partial charge is 0.259 e. The van der Waals surface area contributed by atoms with Crippen LogP contribution in [-0.4, -0.2) is 46.4 Å². The van der Waals surface area contributed by atoms with Gasteiger partial charge in [0.2, 0.25) is 0 Å². The molecule has 4 rings (SSSR count). The lowest BCUT2D eigenvalue weighted by Crippen LogP contribution is -2.30. The van der Waals surface area contributed by atoms with Crippen molar-refractivity contribution in [3.8, 4) is 0 Å². The van der Waals surface area contributed by atoms with Crippen LogP contribution in [0.3, 0.4) is 0 Å². The molecule has 0 radical (unpaired) electrons. The highest BCUT2D eigenvalue weighted by atomic mass is 16.3. The van der Waals surface area contributed by atoms with Crippen LogP contribution < -0.4 is 0 Å². The summed E-state index contributed by atoms with van der Waals surface area (Å²) in [6.45, 7) is 3.61. The molecule has 8 heteroatoms. The molecule has 8 nitrogen and oxygen atoms in total. The van der Waals surface area contributed by atoms with Gasteiger partial charge in [0.1, 0.15) is 11.2 Å². The summed E-state index contributed by atoms with van der Waals surface area (Å²) in [5, 5.41) is 18.4. The molecule has 0 spiro atoms. The lowest BCUT2D eigenvalue weighted by molar-refractivity contribution is 0.0747. The number of nitrogens with zero attached hydrogens (tertiary/aromatic N) is 6. The van der Waals surface area contributed by atoms with E-state index >= 15 is 0 Å². The van der Waals surface area contributed by atoms with Gasteiger partial charge in [-0.05, 0) is 19.4 Å². The Balaban J connectivity index is 1.66. The zero-order chi connectivity index (χ0) is 16.8. The van der Waals surface area contributed by atoms with Crippen molar-refractivity contribution >= 4 is 11.6 Å². The molecule has 0 bridgehead atoms. The van der Waals surface area contributed by atoms with E-state index in [2.05, 4.69) is 10.2 Å². The van der Waals surface area contributed by atoms with Crippen LogP contribution in [0.15, 0.2) is 24.7 Å². The van der Waals surface area contributed by atoms with E-state index in [1.807, 2.05) is 39.7 Å². The minimum atomic E-state index is -0.604. The molecule has 1 aliphatic rings. The van der Waals surface area contributed by atoms with E-state index in [4.69, 9.17) is 0 Å². The molecule has 1 N–H and O–H groups in total. The van der Waals surface area contributed by atoms with Crippen molar-refractivity contribution in [3.05, 3.63) is 41.6 Å². The van der Waals surface area contributed by atoms with E-state index in [1.165, 1.54) is 0 Å². The van der Waals surface area contributed by atoms with Gasteiger partial charge in [0, 0.05) is 32.5 Å². The SMILES string of the molecule is CC(O)c1cc2n(n1)CCCN(C(=O)c1cnn3ccn(C)c13)C2. The van der Waals surface area contributed by atoms with Crippen LogP contribution in [0.25, 0.3) is 5.65 Å². The molecule has 126 valence electrons. The van der Waals surface area contributed by atoms with Crippen molar-refractivity contribution < 1.29 is 9.90 Å². The second-order valence-corrected chi connectivity index (χ2v) is 6.28. The third-order valence-corrected chi connectivity index (χ3v) is 4.51. The number of aliphatic hydroxyl groups excluding tert-OH is 1. The number of carbonyl (C=O) groups excluding carboxylic acids is 1. The summed E-state index contributed by atoms with van der Waals surface area (Å²) in [4.78, 5) is 14.8. The minimum Gasteiger partial charge on any atom is -0.387 e. The summed E-state index contributed by atoms with van der Waals surface area (Å²) in [7, 11) is 1.90. The second-order valence-electron chi connectivity index (χ2n) is 6.28. The Hall–Kier alpha value is -2.61. The Morgan fingerprint density at radius 2 is 2.17 bits per heavy atom. The molecule has 1 amide bonds. The molecular weight excluding hydrogens is 308 g/mol. The predicted octanol–water partition coefficient (Wildman–Crippen LogP) is 0.969. The molecule has 1 atom stereocenters. The fourth-order valence-electron chi connectivity index (χ4n) is 3.23. The number of imidazole rings is 1. The Kier molecular flexibility index (Phi) is 3.42. The number of aryl methyl sites for hydroxylation is 2. The molecule has 1 aliphatic heterocycles. The summed E-state index contributed by atoms with van der Waals surface area (Å²) < 4.78 is 5.50. The molecule has 3 aromatic heterocycles. The van der Waals surface area contributed by atoms with Gasteiger partial charge in [-0.2, -0.15) is 10.2 Å². The Morgan fingerprint density at radius 1 is 1.33 bits per heavy atom. The van der Waals surface area contributed by atoms with Crippen molar-refractivity contribution in [1.82, 2.24) is 28.9 Å². The van der Waals surface area contributed by atoms with E-state index in [9.17, 15) is 9.90 Å². The molecule has 0 saturated heterocycles. The summed E-state index contributed by atoms with van der Waals surface area (Å²) in [6.07, 6.45) is 5.56. The molecular formula is C16H20N6O2. The first-order chi connectivity index (χ1) is 11.5. The Morgan fingerprint density at radius 3 is 2.96 bits per heavy atom. The summed E-state index contributed by atoms with van der Waals surface area (Å²) in [5.74, 6) is -0.0277. The normalized spacial score (nSPS) is 16.2. The summed E-state index contributed by atoms with van der Waals surface area (Å²) >= 11 is 0. The topological polar surface area (TPSA) is 80.6 Å². The highest BCUT2D eigenvalue weighted by Gasteiger charge is 2.25. The van der Waals surface area contributed by atoms with Gasteiger partial charge in [-0.25, -0.2) is 4.52 Å². The maximum absolute atomic E-state index is 13.0. The van der Waals surface area contributed by atoms with E-state index in [1.54, 1.807) is 17.6 Å². The van der Waals surface area contributed by atoms with Gasteiger partial charge in [-0.3, -0.25) is 9.48 Å². The molecule has 24 heavy (non-hydrogen) atoms. The molecule has 1 unspecified atom stereocenters. The average molecular weight is 328 g/mol. The minimum absolute atomic E-state index is 0.0277. The number of hydrogen-bond donors (Lipinski definition) is 1. The number of aromatic nitrogens is 5. The van der Waals surface area contributed by atoms with Crippen LogP contribution in [0.4, 0.5) is 0 Å². The molecule has 0 fully saturated rings. The average Bonchev–Trinajstić information content (AvgIpc) is 3.21. The molecule has 0 aromatic carbocycles. The van der Waals surface area contributed by atoms with Crippen LogP contribution in [0.1, 0.15) is 41.2 Å². The monoisotopic (exact) mass is 328 g/mol. The fourth-order valence-corrected chi connectivity index (χ4v) is 3.23. The van der Waals surface area contributed by atoms with E-state index in [-0.39, 0.29) is 5.91 Å². The molecule has 0 saturated carbocycles. The van der Waals surface area contributed by atoms with Crippen LogP contribution in [0.5, 0.6) is 0 Å². The van der Waals surface area contributed by atoms with Crippen molar-refractivity contribution in [2.45, 2.75) is 32.5 Å². The van der Waals surface area contributed by atoms with Gasteiger partial charge >= 0.3 is 0 Å². The Labute approximate surface area is 138 Å². The number of hydrogen-bond acceptors (Lipinski definition) is 4. The second kappa shape index (κ2) is 5.48. The third-order valence-electron chi connectivity index (χ3n) is 4.51. The van der Waals surface area contributed by atoms with Crippen molar-refractivity contribution in [2.24, 2.45) is 7.05 Å². The van der Waals surface area contributed by atoms with E-state index in [0.29, 0.717) is 24.3 Å². The number of aliphatic hydroxyl groups is 1. The summed E-state index contributed by atoms with van der Waals surface area (Å²) in [6, 6.07) is 1.88. The summed E-state index contributed by atoms with van der Waals surface area (Å²) in [5.41, 5.74) is 3.00. The zero-order valence-corrected chi connectivity index (χ0v) is 13.8. The van der Waals surface area contributed by atoms with Gasteiger partial charge in [-0.1, -0.05) is 0 Å². The zero-order valence-electron chi connectivity index (χ0n) is 13.8. The maximum atomic E-state index is 13.0. The lowest BCUT2D eigenvalue weighted by atomic mass is 10.2. The first kappa shape index (κ1) is 14.9. The highest BCUT2D eigenvalue weighted by Crippen LogP contribution is 2.20. The fraction of sp³-hybridized carbons (Fsp3) is 0.438. The van der Waals surface area contributed by atoms with Crippen LogP contribution in [-0.2, 0) is 20.1 Å². The van der Waals surface area contributed by atoms with Gasteiger partial charge in [0.25, 0.3) is 5.91 Å². The highest BCUT2D eigenvalue weighted by molar-refractivity contribution is 5.99. The first-order valence-corrected chi connectivity index (χ1v) is 8.07. The quantitative estimate of drug-likeness (QED) is 0.760. The number of fused-ring (bicyclic) bond motifs is 2. The van der Waals surface area contributed by atoms with Crippen LogP contribution in [0, 0.1) is 0 Å². The standard InChI is InChI=1S/C16H20N6O2/c1-11(23)14-8-12-10-20(4-3-5-21(12)18-14)16(24)13-9-17-22-7-6-19(2)15(13)22/h6-9,11,23H,3-5,10H2,1-2H3. The van der Waals surface area contributed by atoms with Crippen LogP contribution >= 0.6 is 0 Å². The first-order valence-electron chi connectivity index (χ1n) is 8.07. The molecule has 3 aromatic rings. The van der Waals surface area contributed by atoms with E-state index < -0.39 is 6.10 Å². The molecule has 0 aliphatic carbocycles. The predicted molar refractivity (Wildman–Crippen MR) is 86.4 cm³/mol. The van der Waals surface area contributed by atoms with Crippen LogP contribution in [0.2, 0.25) is 0 Å². The van der Waals surface area contributed by atoms with Gasteiger partial charge < -0.3 is 14.6 Å². The Bertz CT molecular complexity index is 903. The van der Waals surface area contributed by atoms with Gasteiger partial charge in [-0.15, -0.1) is 0 Å². The van der Waals surface area contributed by atoms with Crippen molar-refractivity contribution in [3.63, 3.8) is 0 Å². The molecule has 4 heterocycles. The van der Waals surface area contributed by atoms with Crippen molar-refractivity contribution in [1.29, 1.82) is 0 Å². The largest absolute Gasteiger partial charge is 0.387 e. The number of amides is 1. The van der Waals surface area contributed by atoms with Crippen molar-refractivity contribution in [2.75, 3.05) is 6.54 Å². The van der Waals surface area contributed by atoms with E-state index in [0.717, 1.165) is 24.3 Å².